The third-order valence-electron chi connectivity index (χ3n) is 2.70. The first kappa shape index (κ1) is 11.8. The Labute approximate surface area is 103 Å². The van der Waals surface area contributed by atoms with Gasteiger partial charge in [0.15, 0.2) is 0 Å². The Kier molecular flexibility index (Phi) is 3.76. The van der Waals surface area contributed by atoms with Gasteiger partial charge in [0.1, 0.15) is 4.47 Å². The first-order chi connectivity index (χ1) is 7.66. The van der Waals surface area contributed by atoms with Crippen LogP contribution in [-0.4, -0.2) is 22.1 Å². The predicted octanol–water partition coefficient (Wildman–Crippen LogP) is 1.39. The van der Waals surface area contributed by atoms with Crippen LogP contribution in [0.15, 0.2) is 21.8 Å². The molecule has 0 aromatic carbocycles. The van der Waals surface area contributed by atoms with E-state index < -0.39 is 0 Å². The van der Waals surface area contributed by atoms with Gasteiger partial charge in [-0.25, -0.2) is 4.98 Å². The number of nitrogens with zero attached hydrogens (tertiary/aromatic N) is 2. The molecule has 0 radical (unpaired) electrons. The number of hydrogen-bond donors (Lipinski definition) is 1. The quantitative estimate of drug-likeness (QED) is 0.890. The lowest BCUT2D eigenvalue weighted by atomic mass is 10.2. The first-order valence-electron chi connectivity index (χ1n) is 5.60. The van der Waals surface area contributed by atoms with Crippen molar-refractivity contribution in [3.63, 3.8) is 0 Å². The fraction of sp³-hybridized carbons (Fsp3) is 0.636. The van der Waals surface area contributed by atoms with E-state index in [0.717, 1.165) is 12.6 Å². The van der Waals surface area contributed by atoms with Crippen LogP contribution in [0.5, 0.6) is 0 Å². The molecule has 4 nitrogen and oxygen atoms in total. The maximum Gasteiger partial charge on any atom is 0.267 e. The fourth-order valence-corrected chi connectivity index (χ4v) is 1.96. The summed E-state index contributed by atoms with van der Waals surface area (Å²) in [4.78, 5) is 15.7. The van der Waals surface area contributed by atoms with Crippen LogP contribution < -0.4 is 10.9 Å². The molecule has 0 spiro atoms. The molecule has 16 heavy (non-hydrogen) atoms. The summed E-state index contributed by atoms with van der Waals surface area (Å²) in [7, 11) is 0. The minimum absolute atomic E-state index is 0.00623. The van der Waals surface area contributed by atoms with Gasteiger partial charge < -0.3 is 5.32 Å². The monoisotopic (exact) mass is 285 g/mol. The van der Waals surface area contributed by atoms with Crippen molar-refractivity contribution in [2.24, 2.45) is 5.92 Å². The molecule has 1 aromatic heterocycles. The highest BCUT2D eigenvalue weighted by atomic mass is 79.9. The molecule has 2 rings (SSSR count). The Morgan fingerprint density at radius 3 is 3.12 bits per heavy atom. The van der Waals surface area contributed by atoms with Gasteiger partial charge in [0.05, 0.1) is 6.33 Å². The molecular weight excluding hydrogens is 270 g/mol. The highest BCUT2D eigenvalue weighted by Gasteiger charge is 2.20. The summed E-state index contributed by atoms with van der Waals surface area (Å²) < 4.78 is 2.18. The smallest absolute Gasteiger partial charge is 0.267 e. The SMILES string of the molecule is CC(CNC1CC1)Cn1cncc(Br)c1=O. The summed E-state index contributed by atoms with van der Waals surface area (Å²) in [6, 6.07) is 0.722. The Hall–Kier alpha value is -0.680. The van der Waals surface area contributed by atoms with Crippen molar-refractivity contribution in [1.29, 1.82) is 0 Å². The summed E-state index contributed by atoms with van der Waals surface area (Å²) >= 11 is 3.20. The van der Waals surface area contributed by atoms with Crippen LogP contribution in [0, 0.1) is 5.92 Å². The molecule has 1 unspecified atom stereocenters. The van der Waals surface area contributed by atoms with Crippen molar-refractivity contribution in [3.05, 3.63) is 27.4 Å². The fourth-order valence-electron chi connectivity index (χ4n) is 1.61. The zero-order valence-corrected chi connectivity index (χ0v) is 10.9. The normalized spacial score (nSPS) is 17.4. The summed E-state index contributed by atoms with van der Waals surface area (Å²) in [5, 5.41) is 3.46. The molecule has 0 amide bonds. The van der Waals surface area contributed by atoms with Crippen molar-refractivity contribution in [2.45, 2.75) is 32.4 Å². The Balaban J connectivity index is 1.91. The predicted molar refractivity (Wildman–Crippen MR) is 66.4 cm³/mol. The molecule has 1 atom stereocenters. The number of halogens is 1. The molecule has 88 valence electrons. The summed E-state index contributed by atoms with van der Waals surface area (Å²) in [6.07, 6.45) is 5.73. The third kappa shape index (κ3) is 3.15. The molecule has 1 aromatic rings. The van der Waals surface area contributed by atoms with Gasteiger partial charge in [0.25, 0.3) is 5.56 Å². The summed E-state index contributed by atoms with van der Waals surface area (Å²) in [5.74, 6) is 0.439. The van der Waals surface area contributed by atoms with Crippen molar-refractivity contribution in [3.8, 4) is 0 Å². The van der Waals surface area contributed by atoms with E-state index in [1.165, 1.54) is 19.0 Å². The second-order valence-electron chi connectivity index (χ2n) is 4.49. The minimum Gasteiger partial charge on any atom is -0.314 e. The molecule has 1 fully saturated rings. The van der Waals surface area contributed by atoms with E-state index >= 15 is 0 Å². The largest absolute Gasteiger partial charge is 0.314 e. The van der Waals surface area contributed by atoms with E-state index in [1.54, 1.807) is 10.9 Å². The summed E-state index contributed by atoms with van der Waals surface area (Å²) in [5.41, 5.74) is -0.00623. The van der Waals surface area contributed by atoms with E-state index in [9.17, 15) is 4.79 Å². The topological polar surface area (TPSA) is 46.9 Å². The highest BCUT2D eigenvalue weighted by molar-refractivity contribution is 9.10. The van der Waals surface area contributed by atoms with Crippen LogP contribution in [0.25, 0.3) is 0 Å². The summed E-state index contributed by atoms with van der Waals surface area (Å²) in [6.45, 7) is 3.82. The van der Waals surface area contributed by atoms with Crippen LogP contribution in [0.2, 0.25) is 0 Å². The maximum atomic E-state index is 11.7. The van der Waals surface area contributed by atoms with Crippen LogP contribution in [-0.2, 0) is 6.54 Å². The molecule has 0 saturated heterocycles. The van der Waals surface area contributed by atoms with Gasteiger partial charge in [-0.15, -0.1) is 0 Å². The van der Waals surface area contributed by atoms with Crippen molar-refractivity contribution in [1.82, 2.24) is 14.9 Å². The zero-order valence-electron chi connectivity index (χ0n) is 9.32. The van der Waals surface area contributed by atoms with Gasteiger partial charge in [-0.1, -0.05) is 6.92 Å². The van der Waals surface area contributed by atoms with Crippen LogP contribution in [0.1, 0.15) is 19.8 Å². The van der Waals surface area contributed by atoms with Crippen molar-refractivity contribution < 1.29 is 0 Å². The molecule has 1 N–H and O–H groups in total. The molecular formula is C11H16BrN3O. The lowest BCUT2D eigenvalue weighted by Gasteiger charge is -2.13. The molecule has 1 aliphatic rings. The number of hydrogen-bond acceptors (Lipinski definition) is 3. The van der Waals surface area contributed by atoms with Crippen LogP contribution in [0.4, 0.5) is 0 Å². The van der Waals surface area contributed by atoms with Crippen molar-refractivity contribution >= 4 is 15.9 Å². The second kappa shape index (κ2) is 5.10. The van der Waals surface area contributed by atoms with E-state index in [2.05, 4.69) is 33.2 Å². The molecule has 1 saturated carbocycles. The average Bonchev–Trinajstić information content (AvgIpc) is 3.06. The van der Waals surface area contributed by atoms with Gasteiger partial charge in [-0.3, -0.25) is 9.36 Å². The number of rotatable bonds is 5. The van der Waals surface area contributed by atoms with E-state index in [-0.39, 0.29) is 5.56 Å². The lowest BCUT2D eigenvalue weighted by molar-refractivity contribution is 0.434. The molecule has 0 bridgehead atoms. The molecule has 1 aliphatic carbocycles. The second-order valence-corrected chi connectivity index (χ2v) is 5.34. The number of nitrogens with one attached hydrogen (secondary N) is 1. The average molecular weight is 286 g/mol. The Morgan fingerprint density at radius 2 is 2.44 bits per heavy atom. The van der Waals surface area contributed by atoms with E-state index in [4.69, 9.17) is 0 Å². The van der Waals surface area contributed by atoms with E-state index in [0.29, 0.717) is 16.9 Å². The zero-order chi connectivity index (χ0) is 11.5. The molecule has 5 heteroatoms. The van der Waals surface area contributed by atoms with Gasteiger partial charge >= 0.3 is 0 Å². The molecule has 1 heterocycles. The van der Waals surface area contributed by atoms with Gasteiger partial charge in [0.2, 0.25) is 0 Å². The molecule has 0 aliphatic heterocycles. The van der Waals surface area contributed by atoms with Gasteiger partial charge in [-0.2, -0.15) is 0 Å². The third-order valence-corrected chi connectivity index (χ3v) is 3.24. The number of aromatic nitrogens is 2. The van der Waals surface area contributed by atoms with E-state index in [1.807, 2.05) is 0 Å². The maximum absolute atomic E-state index is 11.7. The standard InChI is InChI=1S/C11H16BrN3O/c1-8(4-14-9-2-3-9)6-15-7-13-5-10(12)11(15)16/h5,7-9,14H,2-4,6H2,1H3. The Bertz CT molecular complexity index is 414. The Morgan fingerprint density at radius 1 is 1.69 bits per heavy atom. The van der Waals surface area contributed by atoms with Crippen LogP contribution >= 0.6 is 15.9 Å². The van der Waals surface area contributed by atoms with Gasteiger partial charge in [0, 0.05) is 18.8 Å². The lowest BCUT2D eigenvalue weighted by Crippen LogP contribution is -2.30. The van der Waals surface area contributed by atoms with Gasteiger partial charge in [-0.05, 0) is 41.2 Å². The highest BCUT2D eigenvalue weighted by Crippen LogP contribution is 2.18. The first-order valence-corrected chi connectivity index (χ1v) is 6.39. The minimum atomic E-state index is -0.00623. The van der Waals surface area contributed by atoms with Crippen molar-refractivity contribution in [2.75, 3.05) is 6.54 Å². The van der Waals surface area contributed by atoms with Crippen LogP contribution in [0.3, 0.4) is 0 Å².